The summed E-state index contributed by atoms with van der Waals surface area (Å²) in [5.41, 5.74) is 4.60. The van der Waals surface area contributed by atoms with Gasteiger partial charge in [-0.2, -0.15) is 0 Å². The van der Waals surface area contributed by atoms with E-state index in [1.165, 1.54) is 0 Å². The molecule has 2 N–H and O–H groups in total. The van der Waals surface area contributed by atoms with Crippen molar-refractivity contribution in [2.45, 2.75) is 46.1 Å². The topological polar surface area (TPSA) is 63.1 Å². The van der Waals surface area contributed by atoms with Crippen molar-refractivity contribution in [3.8, 4) is 5.69 Å². The molecule has 1 saturated heterocycles. The van der Waals surface area contributed by atoms with E-state index in [1.54, 1.807) is 0 Å². The van der Waals surface area contributed by atoms with E-state index in [-0.39, 0.29) is 11.8 Å². The normalized spacial score (nSPS) is 17.7. The molecule has 0 spiro atoms. The van der Waals surface area contributed by atoms with Crippen LogP contribution in [-0.2, 0) is 4.79 Å². The van der Waals surface area contributed by atoms with Gasteiger partial charge in [-0.25, -0.2) is 0 Å². The zero-order chi connectivity index (χ0) is 18.0. The highest BCUT2D eigenvalue weighted by molar-refractivity contribution is 6.00. The lowest BCUT2D eigenvalue weighted by Gasteiger charge is -2.19. The maximum absolute atomic E-state index is 13.0. The van der Waals surface area contributed by atoms with Crippen LogP contribution in [0.15, 0.2) is 30.3 Å². The highest BCUT2D eigenvalue weighted by Gasteiger charge is 2.24. The molecule has 132 valence electrons. The number of benzene rings is 1. The highest BCUT2D eigenvalue weighted by atomic mass is 16.2. The summed E-state index contributed by atoms with van der Waals surface area (Å²) in [6, 6.07) is 9.47. The number of aromatic nitrogens is 1. The van der Waals surface area contributed by atoms with Crippen LogP contribution in [0.5, 0.6) is 0 Å². The Morgan fingerprint density at radius 2 is 1.84 bits per heavy atom. The predicted octanol–water partition coefficient (Wildman–Crippen LogP) is 2.80. The Morgan fingerprint density at radius 1 is 1.12 bits per heavy atom. The van der Waals surface area contributed by atoms with Gasteiger partial charge in [0.15, 0.2) is 0 Å². The molecular weight excluding hydrogens is 314 g/mol. The molecule has 1 aromatic carbocycles. The zero-order valence-electron chi connectivity index (χ0n) is 15.1. The van der Waals surface area contributed by atoms with Crippen LogP contribution in [0.4, 0.5) is 0 Å². The molecular formula is C20H25N3O2. The number of carbonyl (C=O) groups is 2. The highest BCUT2D eigenvalue weighted by Crippen LogP contribution is 2.22. The first kappa shape index (κ1) is 17.3. The van der Waals surface area contributed by atoms with Crippen molar-refractivity contribution in [1.82, 2.24) is 15.2 Å². The van der Waals surface area contributed by atoms with E-state index in [0.29, 0.717) is 18.5 Å². The van der Waals surface area contributed by atoms with Crippen molar-refractivity contribution in [3.63, 3.8) is 0 Å². The standard InChI is InChI=1S/C20H25N3O2/c1-13-7-10-18(23-14(2)8-9-15(23)3)16(12-13)19(24)22-17-6-4-5-11-21-20(17)25/h7-10,12,17H,4-6,11H2,1-3H3,(H,21,25)(H,22,24)/t17-/m0/s1. The van der Waals surface area contributed by atoms with Gasteiger partial charge in [-0.15, -0.1) is 0 Å². The van der Waals surface area contributed by atoms with Gasteiger partial charge in [-0.3, -0.25) is 9.59 Å². The van der Waals surface area contributed by atoms with Gasteiger partial charge < -0.3 is 15.2 Å². The van der Waals surface area contributed by atoms with E-state index in [0.717, 1.165) is 35.5 Å². The van der Waals surface area contributed by atoms with Crippen molar-refractivity contribution in [3.05, 3.63) is 52.8 Å². The average Bonchev–Trinajstić information content (AvgIpc) is 2.78. The first-order chi connectivity index (χ1) is 12.0. The number of carbonyl (C=O) groups excluding carboxylic acids is 2. The van der Waals surface area contributed by atoms with Crippen LogP contribution in [0.2, 0.25) is 0 Å². The molecule has 5 heteroatoms. The van der Waals surface area contributed by atoms with E-state index in [1.807, 2.05) is 51.1 Å². The van der Waals surface area contributed by atoms with Crippen molar-refractivity contribution in [1.29, 1.82) is 0 Å². The lowest BCUT2D eigenvalue weighted by molar-refractivity contribution is -0.122. The number of hydrogen-bond donors (Lipinski definition) is 2. The first-order valence-corrected chi connectivity index (χ1v) is 8.82. The van der Waals surface area contributed by atoms with Crippen molar-refractivity contribution in [2.24, 2.45) is 0 Å². The van der Waals surface area contributed by atoms with E-state index in [4.69, 9.17) is 0 Å². The molecule has 2 heterocycles. The number of nitrogens with zero attached hydrogens (tertiary/aromatic N) is 1. The van der Waals surface area contributed by atoms with Gasteiger partial charge in [0, 0.05) is 17.9 Å². The third-order valence-corrected chi connectivity index (χ3v) is 4.75. The number of rotatable bonds is 3. The summed E-state index contributed by atoms with van der Waals surface area (Å²) in [5, 5.41) is 5.79. The van der Waals surface area contributed by atoms with Crippen LogP contribution < -0.4 is 10.6 Å². The second kappa shape index (κ2) is 7.13. The second-order valence-electron chi connectivity index (χ2n) is 6.78. The Bertz CT molecular complexity index is 788. The maximum atomic E-state index is 13.0. The monoisotopic (exact) mass is 339 g/mol. The van der Waals surface area contributed by atoms with Gasteiger partial charge in [0.05, 0.1) is 11.3 Å². The van der Waals surface area contributed by atoms with Crippen LogP contribution in [-0.4, -0.2) is 29.0 Å². The van der Waals surface area contributed by atoms with Crippen molar-refractivity contribution >= 4 is 11.8 Å². The van der Waals surface area contributed by atoms with Crippen LogP contribution in [0, 0.1) is 20.8 Å². The third kappa shape index (κ3) is 3.60. The molecule has 1 atom stereocenters. The molecule has 2 amide bonds. The van der Waals surface area contributed by atoms with E-state index in [2.05, 4.69) is 15.2 Å². The minimum atomic E-state index is -0.463. The van der Waals surface area contributed by atoms with Gasteiger partial charge in [0.1, 0.15) is 6.04 Å². The van der Waals surface area contributed by atoms with Gasteiger partial charge in [-0.1, -0.05) is 11.6 Å². The SMILES string of the molecule is Cc1ccc(-n2c(C)ccc2C)c(C(=O)N[C@H]2CCCCNC2=O)c1. The number of nitrogens with one attached hydrogen (secondary N) is 2. The summed E-state index contributed by atoms with van der Waals surface area (Å²) in [6.07, 6.45) is 2.57. The van der Waals surface area contributed by atoms with Crippen LogP contribution in [0.3, 0.4) is 0 Å². The van der Waals surface area contributed by atoms with Crippen LogP contribution in [0.1, 0.15) is 46.6 Å². The third-order valence-electron chi connectivity index (χ3n) is 4.75. The summed E-state index contributed by atoms with van der Waals surface area (Å²) in [7, 11) is 0. The smallest absolute Gasteiger partial charge is 0.254 e. The predicted molar refractivity (Wildman–Crippen MR) is 98.1 cm³/mol. The minimum Gasteiger partial charge on any atom is -0.354 e. The molecule has 0 saturated carbocycles. The molecule has 5 nitrogen and oxygen atoms in total. The number of amides is 2. The zero-order valence-corrected chi connectivity index (χ0v) is 15.1. The van der Waals surface area contributed by atoms with E-state index in [9.17, 15) is 9.59 Å². The molecule has 0 aliphatic carbocycles. The molecule has 0 bridgehead atoms. The molecule has 3 rings (SSSR count). The first-order valence-electron chi connectivity index (χ1n) is 8.82. The Hall–Kier alpha value is -2.56. The molecule has 0 unspecified atom stereocenters. The Labute approximate surface area is 148 Å². The molecule has 1 fully saturated rings. The Balaban J connectivity index is 1.94. The van der Waals surface area contributed by atoms with Gasteiger partial charge in [0.25, 0.3) is 5.91 Å². The quantitative estimate of drug-likeness (QED) is 0.903. The fourth-order valence-corrected chi connectivity index (χ4v) is 3.39. The lowest BCUT2D eigenvalue weighted by Crippen LogP contribution is -2.45. The average molecular weight is 339 g/mol. The fourth-order valence-electron chi connectivity index (χ4n) is 3.39. The van der Waals surface area contributed by atoms with E-state index >= 15 is 0 Å². The minimum absolute atomic E-state index is 0.0895. The van der Waals surface area contributed by atoms with Crippen molar-refractivity contribution in [2.75, 3.05) is 6.54 Å². The second-order valence-corrected chi connectivity index (χ2v) is 6.78. The molecule has 1 aliphatic heterocycles. The molecule has 0 radical (unpaired) electrons. The van der Waals surface area contributed by atoms with Crippen LogP contribution >= 0.6 is 0 Å². The summed E-state index contributed by atoms with van der Waals surface area (Å²) >= 11 is 0. The fraction of sp³-hybridized carbons (Fsp3) is 0.400. The summed E-state index contributed by atoms with van der Waals surface area (Å²) in [4.78, 5) is 25.1. The van der Waals surface area contributed by atoms with Gasteiger partial charge in [0.2, 0.25) is 5.91 Å². The van der Waals surface area contributed by atoms with Gasteiger partial charge in [-0.05, 0) is 64.3 Å². The molecule has 1 aliphatic rings. The van der Waals surface area contributed by atoms with E-state index < -0.39 is 6.04 Å². The van der Waals surface area contributed by atoms with Gasteiger partial charge >= 0.3 is 0 Å². The summed E-state index contributed by atoms with van der Waals surface area (Å²) in [6.45, 7) is 6.69. The number of hydrogen-bond acceptors (Lipinski definition) is 2. The molecule has 25 heavy (non-hydrogen) atoms. The summed E-state index contributed by atoms with van der Waals surface area (Å²) in [5.74, 6) is -0.290. The van der Waals surface area contributed by atoms with Crippen LogP contribution in [0.25, 0.3) is 5.69 Å². The largest absolute Gasteiger partial charge is 0.354 e. The van der Waals surface area contributed by atoms with Crippen molar-refractivity contribution < 1.29 is 9.59 Å². The lowest BCUT2D eigenvalue weighted by atomic mass is 10.1. The molecule has 2 aromatic rings. The Morgan fingerprint density at radius 3 is 2.56 bits per heavy atom. The number of aryl methyl sites for hydroxylation is 3. The maximum Gasteiger partial charge on any atom is 0.254 e. The Kier molecular flexibility index (Phi) is 4.93. The molecule has 1 aromatic heterocycles. The summed E-state index contributed by atoms with van der Waals surface area (Å²) < 4.78 is 2.07.